The zero-order chi connectivity index (χ0) is 25.1. The number of carbonyl (C=O) groups is 1. The molecule has 6 heteroatoms. The highest BCUT2D eigenvalue weighted by molar-refractivity contribution is 5.97. The predicted molar refractivity (Wildman–Crippen MR) is 137 cm³/mol. The number of aromatic carboxylic acids is 1. The van der Waals surface area contributed by atoms with Crippen molar-refractivity contribution in [2.75, 3.05) is 0 Å². The van der Waals surface area contributed by atoms with Gasteiger partial charge in [0.1, 0.15) is 6.10 Å². The van der Waals surface area contributed by atoms with E-state index >= 15 is 0 Å². The first-order valence-corrected chi connectivity index (χ1v) is 11.5. The maximum Gasteiger partial charge on any atom is 0.335 e. The van der Waals surface area contributed by atoms with Gasteiger partial charge in [-0.2, -0.15) is 5.26 Å². The second-order valence-electron chi connectivity index (χ2n) is 8.57. The van der Waals surface area contributed by atoms with E-state index in [1.54, 1.807) is 36.8 Å². The fraction of sp³-hybridized carbons (Fsp3) is 0.100. The zero-order valence-corrected chi connectivity index (χ0v) is 19.6. The Hall–Kier alpha value is -4.73. The minimum atomic E-state index is -0.964. The number of rotatable bonds is 7. The lowest BCUT2D eigenvalue weighted by atomic mass is 9.92. The normalized spacial score (nSPS) is 11.8. The Morgan fingerprint density at radius 1 is 1.03 bits per heavy atom. The summed E-state index contributed by atoms with van der Waals surface area (Å²) in [4.78, 5) is 15.5. The fourth-order valence-corrected chi connectivity index (χ4v) is 4.40. The number of benzene rings is 4. The zero-order valence-electron chi connectivity index (χ0n) is 19.6. The summed E-state index contributed by atoms with van der Waals surface area (Å²) in [7, 11) is 1.91. The van der Waals surface area contributed by atoms with Crippen molar-refractivity contribution in [1.29, 1.82) is 5.26 Å². The van der Waals surface area contributed by atoms with E-state index in [1.165, 1.54) is 0 Å². The molecule has 1 N–H and O–H groups in total. The average Bonchev–Trinajstić information content (AvgIpc) is 3.34. The number of nitriles is 1. The highest BCUT2D eigenvalue weighted by Gasteiger charge is 2.21. The second kappa shape index (κ2) is 9.87. The first-order chi connectivity index (χ1) is 17.5. The SMILES string of the molecule is Cn1cncc1C(OCc1ccc(C(=O)O)cc1)c1ccc(C#N)c(-c2cccc3ccccc23)c1. The molecule has 0 amide bonds. The third kappa shape index (κ3) is 4.48. The van der Waals surface area contributed by atoms with Gasteiger partial charge in [-0.05, 0) is 51.7 Å². The first kappa shape index (κ1) is 23.0. The van der Waals surface area contributed by atoms with Gasteiger partial charge < -0.3 is 14.4 Å². The monoisotopic (exact) mass is 473 g/mol. The molecule has 1 unspecified atom stereocenters. The fourth-order valence-electron chi connectivity index (χ4n) is 4.40. The number of aromatic nitrogens is 2. The van der Waals surface area contributed by atoms with E-state index < -0.39 is 12.1 Å². The topological polar surface area (TPSA) is 88.1 Å². The van der Waals surface area contributed by atoms with Crippen molar-refractivity contribution in [3.8, 4) is 17.2 Å². The van der Waals surface area contributed by atoms with Crippen molar-refractivity contribution in [1.82, 2.24) is 9.55 Å². The van der Waals surface area contributed by atoms with Gasteiger partial charge in [0.15, 0.2) is 0 Å². The lowest BCUT2D eigenvalue weighted by molar-refractivity contribution is 0.0620. The van der Waals surface area contributed by atoms with Crippen molar-refractivity contribution in [2.45, 2.75) is 12.7 Å². The van der Waals surface area contributed by atoms with Gasteiger partial charge in [-0.1, -0.05) is 60.7 Å². The largest absolute Gasteiger partial charge is 0.478 e. The lowest BCUT2D eigenvalue weighted by Crippen LogP contribution is -2.11. The summed E-state index contributed by atoms with van der Waals surface area (Å²) in [6.07, 6.45) is 3.05. The molecule has 1 heterocycles. The smallest absolute Gasteiger partial charge is 0.335 e. The van der Waals surface area contributed by atoms with E-state index in [4.69, 9.17) is 9.84 Å². The second-order valence-corrected chi connectivity index (χ2v) is 8.57. The van der Waals surface area contributed by atoms with Crippen LogP contribution in [0.5, 0.6) is 0 Å². The highest BCUT2D eigenvalue weighted by Crippen LogP contribution is 2.35. The summed E-state index contributed by atoms with van der Waals surface area (Å²) in [5, 5.41) is 21.2. The number of hydrogen-bond donors (Lipinski definition) is 1. The molecule has 0 saturated heterocycles. The molecule has 0 spiro atoms. The summed E-state index contributed by atoms with van der Waals surface area (Å²) < 4.78 is 8.31. The van der Waals surface area contributed by atoms with Crippen molar-refractivity contribution >= 4 is 16.7 Å². The number of carboxylic acid groups (broad SMARTS) is 1. The molecule has 4 aromatic carbocycles. The van der Waals surface area contributed by atoms with Crippen LogP contribution in [0.15, 0.2) is 97.5 Å². The molecule has 1 aromatic heterocycles. The van der Waals surface area contributed by atoms with Crippen LogP contribution in [0.25, 0.3) is 21.9 Å². The van der Waals surface area contributed by atoms with Gasteiger partial charge in [-0.3, -0.25) is 0 Å². The van der Waals surface area contributed by atoms with Crippen LogP contribution in [0, 0.1) is 11.3 Å². The number of hydrogen-bond acceptors (Lipinski definition) is 4. The van der Waals surface area contributed by atoms with Gasteiger partial charge >= 0.3 is 5.97 Å². The molecule has 176 valence electrons. The molecular formula is C30H23N3O3. The van der Waals surface area contributed by atoms with E-state index in [9.17, 15) is 10.1 Å². The van der Waals surface area contributed by atoms with E-state index in [0.29, 0.717) is 5.56 Å². The summed E-state index contributed by atoms with van der Waals surface area (Å²) >= 11 is 0. The maximum atomic E-state index is 11.2. The minimum absolute atomic E-state index is 0.230. The van der Waals surface area contributed by atoms with Crippen LogP contribution in [-0.2, 0) is 18.4 Å². The van der Waals surface area contributed by atoms with Gasteiger partial charge in [-0.25, -0.2) is 9.78 Å². The molecule has 0 aliphatic carbocycles. The van der Waals surface area contributed by atoms with Crippen molar-refractivity contribution < 1.29 is 14.6 Å². The minimum Gasteiger partial charge on any atom is -0.478 e. The maximum absolute atomic E-state index is 11.2. The Morgan fingerprint density at radius 2 is 1.81 bits per heavy atom. The Labute approximate surface area is 208 Å². The molecule has 0 aliphatic heterocycles. The summed E-state index contributed by atoms with van der Waals surface area (Å²) in [5.74, 6) is -0.964. The quantitative estimate of drug-likeness (QED) is 0.308. The average molecular weight is 474 g/mol. The van der Waals surface area contributed by atoms with Crippen LogP contribution < -0.4 is 0 Å². The third-order valence-corrected chi connectivity index (χ3v) is 6.29. The van der Waals surface area contributed by atoms with Crippen molar-refractivity contribution in [3.63, 3.8) is 0 Å². The van der Waals surface area contributed by atoms with Crippen LogP contribution >= 0.6 is 0 Å². The lowest BCUT2D eigenvalue weighted by Gasteiger charge is -2.21. The number of aryl methyl sites for hydroxylation is 1. The molecule has 36 heavy (non-hydrogen) atoms. The number of imidazole rings is 1. The van der Waals surface area contributed by atoms with Gasteiger partial charge in [0.05, 0.1) is 42.0 Å². The standard InChI is InChI=1S/C30H23N3O3/c1-33-19-32-17-28(33)29(36-18-20-9-11-22(12-10-20)30(34)35)23-13-14-24(16-31)27(15-23)26-8-4-6-21-5-2-3-7-25(21)26/h2-15,17,19,29H,18H2,1H3,(H,34,35). The van der Waals surface area contributed by atoms with Gasteiger partial charge in [0, 0.05) is 12.6 Å². The van der Waals surface area contributed by atoms with Crippen LogP contribution in [0.3, 0.4) is 0 Å². The third-order valence-electron chi connectivity index (χ3n) is 6.29. The molecule has 0 aliphatic rings. The van der Waals surface area contributed by atoms with Gasteiger partial charge in [-0.15, -0.1) is 0 Å². The Balaban J connectivity index is 1.56. The van der Waals surface area contributed by atoms with Gasteiger partial charge in [0.2, 0.25) is 0 Å². The molecule has 0 fully saturated rings. The molecule has 5 aromatic rings. The first-order valence-electron chi connectivity index (χ1n) is 11.5. The molecule has 0 saturated carbocycles. The summed E-state index contributed by atoms with van der Waals surface area (Å²) in [6, 6.07) is 29.0. The number of fused-ring (bicyclic) bond motifs is 1. The van der Waals surface area contributed by atoms with Crippen LogP contribution in [0.1, 0.15) is 38.8 Å². The number of ether oxygens (including phenoxy) is 1. The van der Waals surface area contributed by atoms with Crippen LogP contribution in [-0.4, -0.2) is 20.6 Å². The molecular weight excluding hydrogens is 450 g/mol. The highest BCUT2D eigenvalue weighted by atomic mass is 16.5. The molecule has 0 radical (unpaired) electrons. The number of nitrogens with zero attached hydrogens (tertiary/aromatic N) is 3. The Morgan fingerprint density at radius 3 is 2.53 bits per heavy atom. The Bertz CT molecular complexity index is 1590. The molecule has 6 nitrogen and oxygen atoms in total. The number of carboxylic acids is 1. The van der Waals surface area contributed by atoms with Crippen molar-refractivity contribution in [2.24, 2.45) is 7.05 Å². The molecule has 5 rings (SSSR count). The molecule has 0 bridgehead atoms. The Kier molecular flexibility index (Phi) is 6.31. The van der Waals surface area contributed by atoms with E-state index in [0.717, 1.165) is 38.7 Å². The summed E-state index contributed by atoms with van der Waals surface area (Å²) in [5.41, 5.74) is 5.26. The van der Waals surface area contributed by atoms with Gasteiger partial charge in [0.25, 0.3) is 0 Å². The van der Waals surface area contributed by atoms with E-state index in [-0.39, 0.29) is 12.2 Å². The van der Waals surface area contributed by atoms with Crippen LogP contribution in [0.2, 0.25) is 0 Å². The van der Waals surface area contributed by atoms with Crippen molar-refractivity contribution in [3.05, 3.63) is 125 Å². The molecule has 1 atom stereocenters. The summed E-state index contributed by atoms with van der Waals surface area (Å²) in [6.45, 7) is 0.277. The predicted octanol–water partition coefficient (Wildman–Crippen LogP) is 6.12. The van der Waals surface area contributed by atoms with Crippen LogP contribution in [0.4, 0.5) is 0 Å². The van der Waals surface area contributed by atoms with E-state index in [1.807, 2.05) is 54.1 Å². The van der Waals surface area contributed by atoms with E-state index in [2.05, 4.69) is 29.3 Å².